The molecule has 0 aliphatic heterocycles. The molecule has 0 saturated heterocycles. The molecule has 0 aliphatic carbocycles. The Bertz CT molecular complexity index is 547. The molecular weight excluding hydrogens is 274 g/mol. The Morgan fingerprint density at radius 1 is 0.864 bits per heavy atom. The zero-order chi connectivity index (χ0) is 15.8. The molecule has 0 radical (unpaired) electrons. The van der Waals surface area contributed by atoms with Gasteiger partial charge >= 0.3 is 0 Å². The van der Waals surface area contributed by atoms with E-state index in [1.807, 2.05) is 36.4 Å². The van der Waals surface area contributed by atoms with Gasteiger partial charge in [-0.25, -0.2) is 0 Å². The molecule has 1 N–H and O–H groups in total. The van der Waals surface area contributed by atoms with Gasteiger partial charge in [0.25, 0.3) is 0 Å². The summed E-state index contributed by atoms with van der Waals surface area (Å²) < 4.78 is 11.3. The number of aryl methyl sites for hydroxylation is 1. The lowest BCUT2D eigenvalue weighted by atomic mass is 10.2. The van der Waals surface area contributed by atoms with Crippen molar-refractivity contribution in [3.05, 3.63) is 54.1 Å². The van der Waals surface area contributed by atoms with Crippen molar-refractivity contribution in [2.75, 3.05) is 25.1 Å². The molecule has 0 atom stereocenters. The van der Waals surface area contributed by atoms with E-state index in [1.54, 1.807) is 0 Å². The lowest BCUT2D eigenvalue weighted by molar-refractivity contribution is 0.271. The van der Waals surface area contributed by atoms with Gasteiger partial charge in [0.1, 0.15) is 18.1 Å². The second-order valence-electron chi connectivity index (χ2n) is 5.82. The third-order valence-electron chi connectivity index (χ3n) is 3.16. The van der Waals surface area contributed by atoms with E-state index < -0.39 is 0 Å². The summed E-state index contributed by atoms with van der Waals surface area (Å²) in [6.45, 7) is 8.50. The molecule has 3 nitrogen and oxygen atoms in total. The maximum Gasteiger partial charge on any atom is 0.119 e. The van der Waals surface area contributed by atoms with E-state index in [4.69, 9.17) is 9.47 Å². The molecule has 0 heterocycles. The standard InChI is InChI=1S/C19H25NO2/c1-15(2)14-22-19-10-6-17(7-11-19)20-12-13-21-18-8-4-16(3)5-9-18/h4-11,15,20H,12-14H2,1-3H3. The fraction of sp³-hybridized carbons (Fsp3) is 0.368. The van der Waals surface area contributed by atoms with Gasteiger partial charge in [0, 0.05) is 12.2 Å². The minimum Gasteiger partial charge on any atom is -0.493 e. The summed E-state index contributed by atoms with van der Waals surface area (Å²) in [5.74, 6) is 2.36. The van der Waals surface area contributed by atoms with E-state index in [9.17, 15) is 0 Å². The Labute approximate surface area is 133 Å². The summed E-state index contributed by atoms with van der Waals surface area (Å²) in [4.78, 5) is 0. The summed E-state index contributed by atoms with van der Waals surface area (Å²) in [5.41, 5.74) is 2.31. The number of ether oxygens (including phenoxy) is 2. The Morgan fingerprint density at radius 3 is 2.09 bits per heavy atom. The Morgan fingerprint density at radius 2 is 1.45 bits per heavy atom. The Kier molecular flexibility index (Phi) is 6.13. The van der Waals surface area contributed by atoms with Gasteiger partial charge in [0.15, 0.2) is 0 Å². The van der Waals surface area contributed by atoms with Gasteiger partial charge in [0.05, 0.1) is 6.61 Å². The first-order valence-corrected chi connectivity index (χ1v) is 7.79. The molecule has 22 heavy (non-hydrogen) atoms. The van der Waals surface area contributed by atoms with Gasteiger partial charge in [-0.2, -0.15) is 0 Å². The number of nitrogens with one attached hydrogen (secondary N) is 1. The molecule has 0 amide bonds. The van der Waals surface area contributed by atoms with Crippen molar-refractivity contribution < 1.29 is 9.47 Å². The van der Waals surface area contributed by atoms with Crippen LogP contribution in [0.2, 0.25) is 0 Å². The van der Waals surface area contributed by atoms with Crippen molar-refractivity contribution in [1.29, 1.82) is 0 Å². The van der Waals surface area contributed by atoms with E-state index in [0.29, 0.717) is 12.5 Å². The lowest BCUT2D eigenvalue weighted by Gasteiger charge is -2.11. The van der Waals surface area contributed by atoms with Crippen LogP contribution < -0.4 is 14.8 Å². The first-order valence-electron chi connectivity index (χ1n) is 7.79. The molecule has 0 aromatic heterocycles. The van der Waals surface area contributed by atoms with E-state index in [0.717, 1.165) is 30.3 Å². The number of hydrogen-bond acceptors (Lipinski definition) is 3. The van der Waals surface area contributed by atoms with Gasteiger partial charge in [-0.3, -0.25) is 0 Å². The predicted octanol–water partition coefficient (Wildman–Crippen LogP) is 4.52. The van der Waals surface area contributed by atoms with Crippen LogP contribution in [0.4, 0.5) is 5.69 Å². The second-order valence-corrected chi connectivity index (χ2v) is 5.82. The number of benzene rings is 2. The third-order valence-corrected chi connectivity index (χ3v) is 3.16. The Hall–Kier alpha value is -2.16. The Balaban J connectivity index is 1.69. The fourth-order valence-electron chi connectivity index (χ4n) is 1.93. The average molecular weight is 299 g/mol. The van der Waals surface area contributed by atoms with Crippen LogP contribution in [0.3, 0.4) is 0 Å². The van der Waals surface area contributed by atoms with Gasteiger partial charge in [-0.1, -0.05) is 31.5 Å². The van der Waals surface area contributed by atoms with Crippen LogP contribution >= 0.6 is 0 Å². The van der Waals surface area contributed by atoms with E-state index in [-0.39, 0.29) is 0 Å². The molecule has 118 valence electrons. The topological polar surface area (TPSA) is 30.5 Å². The maximum atomic E-state index is 5.68. The molecule has 2 aromatic carbocycles. The zero-order valence-corrected chi connectivity index (χ0v) is 13.6. The van der Waals surface area contributed by atoms with Crippen molar-refractivity contribution in [3.63, 3.8) is 0 Å². The molecule has 0 fully saturated rings. The van der Waals surface area contributed by atoms with E-state index in [1.165, 1.54) is 5.56 Å². The molecular formula is C19H25NO2. The highest BCUT2D eigenvalue weighted by Crippen LogP contribution is 2.16. The van der Waals surface area contributed by atoms with Crippen LogP contribution in [-0.4, -0.2) is 19.8 Å². The maximum absolute atomic E-state index is 5.68. The van der Waals surface area contributed by atoms with Crippen LogP contribution in [0.15, 0.2) is 48.5 Å². The van der Waals surface area contributed by atoms with Crippen LogP contribution in [0, 0.1) is 12.8 Å². The first kappa shape index (κ1) is 16.2. The summed E-state index contributed by atoms with van der Waals surface area (Å²) in [7, 11) is 0. The largest absolute Gasteiger partial charge is 0.493 e. The summed E-state index contributed by atoms with van der Waals surface area (Å²) in [5, 5.41) is 3.34. The lowest BCUT2D eigenvalue weighted by Crippen LogP contribution is -2.11. The normalized spacial score (nSPS) is 10.5. The van der Waals surface area contributed by atoms with E-state index >= 15 is 0 Å². The first-order chi connectivity index (χ1) is 10.6. The summed E-state index contributed by atoms with van der Waals surface area (Å²) >= 11 is 0. The van der Waals surface area contributed by atoms with Crippen LogP contribution in [0.5, 0.6) is 11.5 Å². The highest BCUT2D eigenvalue weighted by atomic mass is 16.5. The highest BCUT2D eigenvalue weighted by Gasteiger charge is 1.98. The van der Waals surface area contributed by atoms with Crippen molar-refractivity contribution in [2.45, 2.75) is 20.8 Å². The predicted molar refractivity (Wildman–Crippen MR) is 91.9 cm³/mol. The number of anilines is 1. The quantitative estimate of drug-likeness (QED) is 0.727. The van der Waals surface area contributed by atoms with Crippen LogP contribution in [0.25, 0.3) is 0 Å². The zero-order valence-electron chi connectivity index (χ0n) is 13.6. The van der Waals surface area contributed by atoms with Crippen molar-refractivity contribution in [2.24, 2.45) is 5.92 Å². The van der Waals surface area contributed by atoms with E-state index in [2.05, 4.69) is 38.2 Å². The van der Waals surface area contributed by atoms with Gasteiger partial charge < -0.3 is 14.8 Å². The fourth-order valence-corrected chi connectivity index (χ4v) is 1.93. The number of rotatable bonds is 8. The highest BCUT2D eigenvalue weighted by molar-refractivity contribution is 5.46. The second kappa shape index (κ2) is 8.32. The van der Waals surface area contributed by atoms with Crippen LogP contribution in [0.1, 0.15) is 19.4 Å². The average Bonchev–Trinajstić information content (AvgIpc) is 2.52. The van der Waals surface area contributed by atoms with Crippen molar-refractivity contribution in [3.8, 4) is 11.5 Å². The number of hydrogen-bond donors (Lipinski definition) is 1. The summed E-state index contributed by atoms with van der Waals surface area (Å²) in [6, 6.07) is 16.1. The van der Waals surface area contributed by atoms with Gasteiger partial charge in [0.2, 0.25) is 0 Å². The smallest absolute Gasteiger partial charge is 0.119 e. The molecule has 0 aliphatic rings. The third kappa shape index (κ3) is 5.68. The molecule has 3 heteroatoms. The summed E-state index contributed by atoms with van der Waals surface area (Å²) in [6.07, 6.45) is 0. The SMILES string of the molecule is Cc1ccc(OCCNc2ccc(OCC(C)C)cc2)cc1. The molecule has 0 spiro atoms. The molecule has 0 bridgehead atoms. The molecule has 2 rings (SSSR count). The monoisotopic (exact) mass is 299 g/mol. The van der Waals surface area contributed by atoms with Crippen LogP contribution in [-0.2, 0) is 0 Å². The minimum absolute atomic E-state index is 0.539. The van der Waals surface area contributed by atoms with Gasteiger partial charge in [-0.15, -0.1) is 0 Å². The molecule has 2 aromatic rings. The van der Waals surface area contributed by atoms with Crippen molar-refractivity contribution in [1.82, 2.24) is 0 Å². The minimum atomic E-state index is 0.539. The molecule has 0 unspecified atom stereocenters. The molecule has 0 saturated carbocycles. The van der Waals surface area contributed by atoms with Gasteiger partial charge in [-0.05, 0) is 49.2 Å². The van der Waals surface area contributed by atoms with Crippen molar-refractivity contribution >= 4 is 5.69 Å².